The number of nitrogens with zero attached hydrogens (tertiary/aromatic N) is 4. The molecule has 0 amide bonds. The van der Waals surface area contributed by atoms with Crippen LogP contribution in [0.4, 0.5) is 10.1 Å². The lowest BCUT2D eigenvalue weighted by molar-refractivity contribution is -0.141. The maximum Gasteiger partial charge on any atom is 0.368 e. The van der Waals surface area contributed by atoms with E-state index in [9.17, 15) is 14.0 Å². The van der Waals surface area contributed by atoms with Crippen LogP contribution < -0.4 is 11.4 Å². The summed E-state index contributed by atoms with van der Waals surface area (Å²) >= 11 is 5.69. The summed E-state index contributed by atoms with van der Waals surface area (Å²) in [5.74, 6) is -1.15. The fourth-order valence-electron chi connectivity index (χ4n) is 1.71. The molecule has 22 heavy (non-hydrogen) atoms. The molecule has 0 aliphatic rings. The van der Waals surface area contributed by atoms with E-state index < -0.39 is 17.5 Å². The van der Waals surface area contributed by atoms with Crippen LogP contribution in [0, 0.1) is 5.82 Å². The summed E-state index contributed by atoms with van der Waals surface area (Å²) < 4.78 is 20.4. The van der Waals surface area contributed by atoms with E-state index in [4.69, 9.17) is 22.1 Å². The van der Waals surface area contributed by atoms with Crippen LogP contribution in [0.25, 0.3) is 5.69 Å². The van der Waals surface area contributed by atoms with Gasteiger partial charge in [-0.2, -0.15) is 9.36 Å². The molecule has 1 aromatic heterocycles. The van der Waals surface area contributed by atoms with E-state index in [1.165, 1.54) is 13.0 Å². The number of carbonyl (C=O) groups excluding carboxylic acids is 1. The highest BCUT2D eigenvalue weighted by molar-refractivity contribution is 6.33. The van der Waals surface area contributed by atoms with Crippen molar-refractivity contribution in [2.24, 2.45) is 0 Å². The molecule has 2 aromatic rings. The first-order valence-electron chi connectivity index (χ1n) is 6.31. The number of nitrogens with two attached hydrogens (primary N) is 1. The maximum absolute atomic E-state index is 13.9. The smallest absolute Gasteiger partial charge is 0.368 e. The third-order valence-corrected chi connectivity index (χ3v) is 3.08. The molecule has 0 atom stereocenters. The van der Waals surface area contributed by atoms with E-state index >= 15 is 0 Å². The number of aryl methyl sites for hydroxylation is 1. The number of carbonyl (C=O) groups is 1. The Hall–Kier alpha value is -2.42. The first kappa shape index (κ1) is 16.0. The highest BCUT2D eigenvalue weighted by Crippen LogP contribution is 2.23. The highest BCUT2D eigenvalue weighted by atomic mass is 35.5. The van der Waals surface area contributed by atoms with Gasteiger partial charge in [0.15, 0.2) is 5.82 Å². The molecule has 1 heterocycles. The van der Waals surface area contributed by atoms with Gasteiger partial charge in [-0.05, 0) is 22.6 Å². The van der Waals surface area contributed by atoms with Crippen LogP contribution in [-0.2, 0) is 16.1 Å². The Morgan fingerprint density at radius 2 is 2.18 bits per heavy atom. The van der Waals surface area contributed by atoms with Gasteiger partial charge >= 0.3 is 11.7 Å². The van der Waals surface area contributed by atoms with Crippen LogP contribution >= 0.6 is 11.6 Å². The molecule has 0 aliphatic carbocycles. The number of tetrazole rings is 1. The zero-order valence-corrected chi connectivity index (χ0v) is 12.4. The fourth-order valence-corrected chi connectivity index (χ4v) is 1.86. The Labute approximate surface area is 129 Å². The van der Waals surface area contributed by atoms with Gasteiger partial charge in [0.05, 0.1) is 23.9 Å². The summed E-state index contributed by atoms with van der Waals surface area (Å²) in [7, 11) is 0. The Morgan fingerprint density at radius 1 is 1.45 bits per heavy atom. The Morgan fingerprint density at radius 3 is 2.86 bits per heavy atom. The normalized spacial score (nSPS) is 10.7. The van der Waals surface area contributed by atoms with E-state index in [-0.39, 0.29) is 29.5 Å². The number of halogens is 2. The third kappa shape index (κ3) is 3.42. The quantitative estimate of drug-likeness (QED) is 0.493. The maximum atomic E-state index is 13.9. The minimum Gasteiger partial charge on any atom is -0.466 e. The number of esters is 1. The number of hydrogen-bond acceptors (Lipinski definition) is 6. The van der Waals surface area contributed by atoms with Gasteiger partial charge in [0, 0.05) is 13.3 Å². The molecule has 0 spiro atoms. The first-order chi connectivity index (χ1) is 10.4. The standard InChI is InChI=1S/C12H13ClFN5O3/c1-7(20)22-4-2-3-18-12(21)19(17-16-18)11-6-10(15)8(13)5-9(11)14/h5-6H,2-4,15H2,1H3. The number of ether oxygens (including phenoxy) is 1. The minimum atomic E-state index is -0.742. The van der Waals surface area contributed by atoms with E-state index in [0.717, 1.165) is 15.4 Å². The highest BCUT2D eigenvalue weighted by Gasteiger charge is 2.14. The number of benzene rings is 1. The van der Waals surface area contributed by atoms with Crippen molar-refractivity contribution >= 4 is 23.3 Å². The van der Waals surface area contributed by atoms with Gasteiger partial charge in [0.1, 0.15) is 5.69 Å². The van der Waals surface area contributed by atoms with Crippen LogP contribution in [0.3, 0.4) is 0 Å². The summed E-state index contributed by atoms with van der Waals surface area (Å²) in [4.78, 5) is 22.7. The molecule has 118 valence electrons. The topological polar surface area (TPSA) is 105 Å². The van der Waals surface area contributed by atoms with Gasteiger partial charge < -0.3 is 10.5 Å². The van der Waals surface area contributed by atoms with Crippen molar-refractivity contribution in [3.63, 3.8) is 0 Å². The van der Waals surface area contributed by atoms with E-state index in [1.54, 1.807) is 0 Å². The third-order valence-electron chi connectivity index (χ3n) is 2.75. The molecule has 0 bridgehead atoms. The van der Waals surface area contributed by atoms with Crippen molar-refractivity contribution in [1.29, 1.82) is 0 Å². The van der Waals surface area contributed by atoms with E-state index in [1.807, 2.05) is 0 Å². The summed E-state index contributed by atoms with van der Waals surface area (Å²) in [5, 5.41) is 7.28. The van der Waals surface area contributed by atoms with Crippen LogP contribution in [0.5, 0.6) is 0 Å². The summed E-state index contributed by atoms with van der Waals surface area (Å²) in [6.07, 6.45) is 0.378. The molecule has 0 saturated heterocycles. The van der Waals surface area contributed by atoms with Crippen molar-refractivity contribution in [2.75, 3.05) is 12.3 Å². The average molecular weight is 330 g/mol. The largest absolute Gasteiger partial charge is 0.466 e. The van der Waals surface area contributed by atoms with Crippen molar-refractivity contribution in [2.45, 2.75) is 19.9 Å². The zero-order chi connectivity index (χ0) is 16.3. The Balaban J connectivity index is 2.19. The van der Waals surface area contributed by atoms with Gasteiger partial charge in [0.25, 0.3) is 0 Å². The first-order valence-corrected chi connectivity index (χ1v) is 6.69. The summed E-state index contributed by atoms with van der Waals surface area (Å²) in [5.41, 5.74) is 4.94. The van der Waals surface area contributed by atoms with Crippen LogP contribution in [-0.4, -0.2) is 32.4 Å². The van der Waals surface area contributed by atoms with Gasteiger partial charge in [-0.3, -0.25) is 4.79 Å². The molecular weight excluding hydrogens is 317 g/mol. The predicted molar refractivity (Wildman–Crippen MR) is 76.2 cm³/mol. The number of hydrogen-bond donors (Lipinski definition) is 1. The fraction of sp³-hybridized carbons (Fsp3) is 0.333. The molecule has 1 aromatic carbocycles. The molecule has 2 N–H and O–H groups in total. The van der Waals surface area contributed by atoms with Crippen LogP contribution in [0.1, 0.15) is 13.3 Å². The van der Waals surface area contributed by atoms with Gasteiger partial charge in [-0.25, -0.2) is 9.18 Å². The second-order valence-electron chi connectivity index (χ2n) is 4.42. The molecule has 2 rings (SSSR count). The van der Waals surface area contributed by atoms with Gasteiger partial charge in [0.2, 0.25) is 0 Å². The second kappa shape index (κ2) is 6.56. The molecule has 0 radical (unpaired) electrons. The molecule has 0 fully saturated rings. The summed E-state index contributed by atoms with van der Waals surface area (Å²) in [6, 6.07) is 2.20. The number of aromatic nitrogens is 4. The van der Waals surface area contributed by atoms with Crippen molar-refractivity contribution in [3.05, 3.63) is 33.5 Å². The second-order valence-corrected chi connectivity index (χ2v) is 4.82. The molecule has 8 nitrogen and oxygen atoms in total. The molecule has 10 heteroatoms. The number of anilines is 1. The predicted octanol–water partition coefficient (Wildman–Crippen LogP) is 0.757. The monoisotopic (exact) mass is 329 g/mol. The number of nitrogen functional groups attached to an aromatic ring is 1. The zero-order valence-electron chi connectivity index (χ0n) is 11.6. The van der Waals surface area contributed by atoms with E-state index in [2.05, 4.69) is 10.4 Å². The lowest BCUT2D eigenvalue weighted by Crippen LogP contribution is -2.25. The van der Waals surface area contributed by atoms with Crippen molar-refractivity contribution in [3.8, 4) is 5.69 Å². The van der Waals surface area contributed by atoms with E-state index in [0.29, 0.717) is 6.42 Å². The van der Waals surface area contributed by atoms with Crippen molar-refractivity contribution < 1.29 is 13.9 Å². The molecule has 0 saturated carbocycles. The van der Waals surface area contributed by atoms with Gasteiger partial charge in [-0.1, -0.05) is 11.6 Å². The lowest BCUT2D eigenvalue weighted by Gasteiger charge is -2.04. The Kier molecular flexibility index (Phi) is 4.76. The van der Waals surface area contributed by atoms with Gasteiger partial charge in [-0.15, -0.1) is 0 Å². The lowest BCUT2D eigenvalue weighted by atomic mass is 10.2. The van der Waals surface area contributed by atoms with Crippen LogP contribution in [0.2, 0.25) is 5.02 Å². The number of rotatable bonds is 5. The Bertz CT molecular complexity index is 758. The molecule has 0 unspecified atom stereocenters. The average Bonchev–Trinajstić information content (AvgIpc) is 2.80. The SMILES string of the molecule is CC(=O)OCCCn1nnn(-c2cc(N)c(Cl)cc2F)c1=O. The summed E-state index contributed by atoms with van der Waals surface area (Å²) in [6.45, 7) is 1.61. The molecule has 0 aliphatic heterocycles. The van der Waals surface area contributed by atoms with Crippen molar-refractivity contribution in [1.82, 2.24) is 19.8 Å². The minimum absolute atomic E-state index is 0.0445. The van der Waals surface area contributed by atoms with Crippen LogP contribution in [0.15, 0.2) is 16.9 Å². The molecular formula is C12H13ClFN5O3.